The molecule has 0 spiro atoms. The molecule has 3 heteroatoms. The Labute approximate surface area is 173 Å². The van der Waals surface area contributed by atoms with E-state index < -0.39 is 0 Å². The zero-order chi connectivity index (χ0) is 20.4. The summed E-state index contributed by atoms with van der Waals surface area (Å²) in [6, 6.07) is 17.5. The molecule has 3 nitrogen and oxygen atoms in total. The van der Waals surface area contributed by atoms with Gasteiger partial charge in [-0.25, -0.2) is 0 Å². The monoisotopic (exact) mass is 385 g/mol. The van der Waals surface area contributed by atoms with Gasteiger partial charge in [0.25, 0.3) is 0 Å². The number of fused-ring (bicyclic) bond motifs is 1. The molecule has 2 atom stereocenters. The minimum absolute atomic E-state index is 0.327. The molecule has 4 rings (SSSR count). The Hall–Kier alpha value is -2.81. The smallest absolute Gasteiger partial charge is 0.203 e. The molecule has 0 bridgehead atoms. The molecular formula is C26H31N3. The lowest BCUT2D eigenvalue weighted by molar-refractivity contribution is 0.386. The Morgan fingerprint density at radius 2 is 1.76 bits per heavy atom. The number of nitrogens with zero attached hydrogens (tertiary/aromatic N) is 2. The van der Waals surface area contributed by atoms with Gasteiger partial charge in [-0.3, -0.25) is 5.41 Å². The summed E-state index contributed by atoms with van der Waals surface area (Å²) in [7, 11) is 0. The predicted molar refractivity (Wildman–Crippen MR) is 121 cm³/mol. The van der Waals surface area contributed by atoms with E-state index in [9.17, 15) is 0 Å². The van der Waals surface area contributed by atoms with E-state index in [0.717, 1.165) is 31.3 Å². The summed E-state index contributed by atoms with van der Waals surface area (Å²) in [5.74, 6) is 0.551. The van der Waals surface area contributed by atoms with Crippen LogP contribution in [-0.2, 0) is 6.54 Å². The van der Waals surface area contributed by atoms with Crippen molar-refractivity contribution in [2.45, 2.75) is 52.6 Å². The van der Waals surface area contributed by atoms with Crippen LogP contribution in [0.1, 0.15) is 50.3 Å². The third-order valence-corrected chi connectivity index (χ3v) is 6.16. The van der Waals surface area contributed by atoms with Crippen LogP contribution in [0.2, 0.25) is 0 Å². The molecule has 1 aromatic heterocycles. The zero-order valence-corrected chi connectivity index (χ0v) is 17.7. The fourth-order valence-electron chi connectivity index (χ4n) is 4.41. The molecule has 1 aliphatic carbocycles. The summed E-state index contributed by atoms with van der Waals surface area (Å²) in [5, 5.41) is 9.05. The van der Waals surface area contributed by atoms with Crippen LogP contribution in [0.5, 0.6) is 0 Å². The second-order valence-corrected chi connectivity index (χ2v) is 8.35. The number of aryl methyl sites for hydroxylation is 1. The zero-order valence-electron chi connectivity index (χ0n) is 17.7. The van der Waals surface area contributed by atoms with Gasteiger partial charge in [0.1, 0.15) is 0 Å². The van der Waals surface area contributed by atoms with E-state index in [1.165, 1.54) is 22.2 Å². The summed E-state index contributed by atoms with van der Waals surface area (Å²) in [6.45, 7) is 7.26. The average molecular weight is 386 g/mol. The highest BCUT2D eigenvalue weighted by Gasteiger charge is 2.21. The number of hydrogen-bond acceptors (Lipinski definition) is 1. The van der Waals surface area contributed by atoms with Gasteiger partial charge in [-0.15, -0.1) is 0 Å². The summed E-state index contributed by atoms with van der Waals surface area (Å²) in [6.07, 6.45) is 10.1. The molecule has 1 heterocycles. The number of rotatable bonds is 6. The Morgan fingerprint density at radius 1 is 1.03 bits per heavy atom. The van der Waals surface area contributed by atoms with Crippen LogP contribution in [-0.4, -0.2) is 9.13 Å². The molecule has 29 heavy (non-hydrogen) atoms. The maximum absolute atomic E-state index is 9.05. The Morgan fingerprint density at radius 3 is 2.41 bits per heavy atom. The van der Waals surface area contributed by atoms with E-state index in [-0.39, 0.29) is 0 Å². The molecular weight excluding hydrogens is 354 g/mol. The van der Waals surface area contributed by atoms with Gasteiger partial charge in [-0.1, -0.05) is 72.7 Å². The number of para-hydroxylation sites is 2. The van der Waals surface area contributed by atoms with E-state index in [1.54, 1.807) is 0 Å². The highest BCUT2D eigenvalue weighted by atomic mass is 15.2. The van der Waals surface area contributed by atoms with Crippen molar-refractivity contribution in [3.8, 4) is 0 Å². The molecule has 0 amide bonds. The van der Waals surface area contributed by atoms with Crippen molar-refractivity contribution >= 4 is 11.0 Å². The van der Waals surface area contributed by atoms with Crippen LogP contribution in [0.3, 0.4) is 0 Å². The van der Waals surface area contributed by atoms with Crippen LogP contribution < -0.4 is 5.62 Å². The Bertz CT molecular complexity index is 1110. The lowest BCUT2D eigenvalue weighted by Gasteiger charge is -2.23. The van der Waals surface area contributed by atoms with Crippen LogP contribution >= 0.6 is 0 Å². The maximum Gasteiger partial charge on any atom is 0.203 e. The van der Waals surface area contributed by atoms with Gasteiger partial charge in [0, 0.05) is 6.04 Å². The molecule has 1 N–H and O–H groups in total. The summed E-state index contributed by atoms with van der Waals surface area (Å²) in [5.41, 5.74) is 6.78. The minimum Gasteiger partial charge on any atom is -0.307 e. The number of aromatic nitrogens is 2. The molecule has 0 fully saturated rings. The molecule has 0 aliphatic heterocycles. The molecule has 1 aliphatic rings. The van der Waals surface area contributed by atoms with E-state index in [0.29, 0.717) is 17.6 Å². The van der Waals surface area contributed by atoms with Crippen molar-refractivity contribution < 1.29 is 0 Å². The topological polar surface area (TPSA) is 33.7 Å². The lowest BCUT2D eigenvalue weighted by Crippen LogP contribution is -2.29. The van der Waals surface area contributed by atoms with Crippen molar-refractivity contribution in [2.24, 2.45) is 5.92 Å². The molecule has 150 valence electrons. The SMILES string of the molecule is CCC(CC1C=CC(C)=CC1)n1c(=N)n(Cc2ccc(C)cc2)c2ccccc21. The number of nitrogens with one attached hydrogen (secondary N) is 1. The largest absolute Gasteiger partial charge is 0.307 e. The quantitative estimate of drug-likeness (QED) is 0.529. The van der Waals surface area contributed by atoms with Crippen molar-refractivity contribution in [3.05, 3.63) is 89.1 Å². The molecule has 2 aromatic carbocycles. The van der Waals surface area contributed by atoms with Gasteiger partial charge in [-0.2, -0.15) is 0 Å². The minimum atomic E-state index is 0.327. The normalized spacial score (nSPS) is 17.5. The third kappa shape index (κ3) is 4.00. The van der Waals surface area contributed by atoms with Gasteiger partial charge in [0.2, 0.25) is 5.62 Å². The number of benzene rings is 2. The second-order valence-electron chi connectivity index (χ2n) is 8.35. The van der Waals surface area contributed by atoms with Crippen molar-refractivity contribution in [1.29, 1.82) is 5.41 Å². The lowest BCUT2D eigenvalue weighted by atomic mass is 9.90. The Kier molecular flexibility index (Phi) is 5.57. The third-order valence-electron chi connectivity index (χ3n) is 6.16. The second kappa shape index (κ2) is 8.28. The van der Waals surface area contributed by atoms with Gasteiger partial charge in [0.05, 0.1) is 17.6 Å². The van der Waals surface area contributed by atoms with E-state index in [4.69, 9.17) is 5.41 Å². The number of allylic oxidation sites excluding steroid dienone is 4. The summed E-state index contributed by atoms with van der Waals surface area (Å²) < 4.78 is 4.42. The van der Waals surface area contributed by atoms with Crippen LogP contribution in [0.4, 0.5) is 0 Å². The average Bonchev–Trinajstić information content (AvgIpc) is 3.01. The highest BCUT2D eigenvalue weighted by molar-refractivity contribution is 5.76. The van der Waals surface area contributed by atoms with Crippen molar-refractivity contribution in [3.63, 3.8) is 0 Å². The molecule has 0 radical (unpaired) electrons. The van der Waals surface area contributed by atoms with Crippen LogP contribution in [0.25, 0.3) is 11.0 Å². The summed E-state index contributed by atoms with van der Waals surface area (Å²) in [4.78, 5) is 0. The number of hydrogen-bond donors (Lipinski definition) is 1. The maximum atomic E-state index is 9.05. The van der Waals surface area contributed by atoms with Gasteiger partial charge in [-0.05, 0) is 56.7 Å². The first-order chi connectivity index (χ1) is 14.1. The standard InChI is InChI=1S/C26H31N3/c1-4-23(17-21-13-9-19(2)10-14-21)29-25-8-6-5-7-24(25)28(26(29)27)18-22-15-11-20(3)12-16-22/h5-13,15-16,21,23,27H,4,14,17-18H2,1-3H3. The van der Waals surface area contributed by atoms with Crippen LogP contribution in [0.15, 0.2) is 72.3 Å². The van der Waals surface area contributed by atoms with Gasteiger partial charge in [0.15, 0.2) is 0 Å². The first-order valence-corrected chi connectivity index (χ1v) is 10.7. The van der Waals surface area contributed by atoms with Crippen molar-refractivity contribution in [1.82, 2.24) is 9.13 Å². The fraction of sp³-hybridized carbons (Fsp3) is 0.346. The highest BCUT2D eigenvalue weighted by Crippen LogP contribution is 2.29. The van der Waals surface area contributed by atoms with Gasteiger partial charge >= 0.3 is 0 Å². The molecule has 2 unspecified atom stereocenters. The Balaban J connectivity index is 1.72. The first kappa shape index (κ1) is 19.5. The summed E-state index contributed by atoms with van der Waals surface area (Å²) >= 11 is 0. The number of imidazole rings is 1. The van der Waals surface area contributed by atoms with E-state index in [1.807, 2.05) is 0 Å². The van der Waals surface area contributed by atoms with Crippen molar-refractivity contribution in [2.75, 3.05) is 0 Å². The van der Waals surface area contributed by atoms with E-state index in [2.05, 4.69) is 96.7 Å². The van der Waals surface area contributed by atoms with Crippen LogP contribution in [0, 0.1) is 18.3 Å². The van der Waals surface area contributed by atoms with E-state index >= 15 is 0 Å². The predicted octanol–water partition coefficient (Wildman–Crippen LogP) is 6.14. The van der Waals surface area contributed by atoms with Gasteiger partial charge < -0.3 is 9.13 Å². The molecule has 0 saturated carbocycles. The first-order valence-electron chi connectivity index (χ1n) is 10.7. The molecule has 0 saturated heterocycles. The fourth-order valence-corrected chi connectivity index (χ4v) is 4.41. The molecule has 3 aromatic rings.